The van der Waals surface area contributed by atoms with E-state index in [1.807, 2.05) is 18.2 Å². The molecule has 2 fully saturated rings. The largest absolute Gasteiger partial charge is 0.490 e. The number of hydrogen-bond donors (Lipinski definition) is 1. The standard InChI is InChI=1S/C27H34FNO4S/c1-3-18-11-13-21(15-18)33-25-14-12-19(17-26(30)29-34(31,32)4-2)16-23(25)22-9-6-10-24(28)27(22)20-7-5-8-20/h6,9-10,12,14,16,18,20-21H,3-5,7-8,11,13,15,17H2,1-2H3,(H,29,30)/t18-,21-/m1/s1. The molecule has 0 aromatic heterocycles. The van der Waals surface area contributed by atoms with Gasteiger partial charge in [-0.1, -0.05) is 38.0 Å². The van der Waals surface area contributed by atoms with Crippen LogP contribution in [0.4, 0.5) is 4.39 Å². The van der Waals surface area contributed by atoms with E-state index in [4.69, 9.17) is 4.74 Å². The SMILES string of the molecule is CC[C@@H]1CC[C@@H](Oc2ccc(CC(=O)NS(=O)(=O)CC)cc2-c2cccc(F)c2C2CCC2)C1. The molecule has 2 aromatic carbocycles. The van der Waals surface area contributed by atoms with Gasteiger partial charge in [-0.2, -0.15) is 0 Å². The van der Waals surface area contributed by atoms with Crippen LogP contribution in [-0.4, -0.2) is 26.2 Å². The zero-order valence-corrected chi connectivity index (χ0v) is 20.8. The molecule has 5 nitrogen and oxygen atoms in total. The van der Waals surface area contributed by atoms with Gasteiger partial charge in [0.1, 0.15) is 11.6 Å². The molecule has 7 heteroatoms. The molecule has 2 saturated carbocycles. The number of benzene rings is 2. The molecule has 0 saturated heterocycles. The molecule has 2 aromatic rings. The minimum absolute atomic E-state index is 0.0814. The van der Waals surface area contributed by atoms with Gasteiger partial charge in [0, 0.05) is 5.56 Å². The lowest BCUT2D eigenvalue weighted by atomic mass is 9.76. The van der Waals surface area contributed by atoms with Gasteiger partial charge >= 0.3 is 0 Å². The van der Waals surface area contributed by atoms with E-state index >= 15 is 4.39 Å². The average Bonchev–Trinajstić information content (AvgIpc) is 3.22. The maximum atomic E-state index is 15.0. The highest BCUT2D eigenvalue weighted by atomic mass is 32.2. The van der Waals surface area contributed by atoms with Crippen LogP contribution in [0, 0.1) is 11.7 Å². The monoisotopic (exact) mass is 487 g/mol. The molecule has 1 amide bonds. The molecule has 2 aliphatic carbocycles. The van der Waals surface area contributed by atoms with E-state index < -0.39 is 15.9 Å². The first-order chi connectivity index (χ1) is 16.3. The zero-order chi connectivity index (χ0) is 24.3. The van der Waals surface area contributed by atoms with Gasteiger partial charge in [-0.25, -0.2) is 12.8 Å². The van der Waals surface area contributed by atoms with E-state index in [1.165, 1.54) is 13.0 Å². The lowest BCUT2D eigenvalue weighted by Gasteiger charge is -2.29. The molecule has 34 heavy (non-hydrogen) atoms. The molecule has 0 radical (unpaired) electrons. The summed E-state index contributed by atoms with van der Waals surface area (Å²) in [7, 11) is -3.63. The predicted octanol–water partition coefficient (Wildman–Crippen LogP) is 5.73. The Labute approximate surface area is 202 Å². The second-order valence-corrected chi connectivity index (χ2v) is 11.6. The van der Waals surface area contributed by atoms with Crippen LogP contribution >= 0.6 is 0 Å². The maximum Gasteiger partial charge on any atom is 0.237 e. The van der Waals surface area contributed by atoms with Crippen LogP contribution < -0.4 is 9.46 Å². The van der Waals surface area contributed by atoms with Gasteiger partial charge < -0.3 is 4.74 Å². The molecule has 0 unspecified atom stereocenters. The Hall–Kier alpha value is -2.41. The maximum absolute atomic E-state index is 15.0. The number of amides is 1. The summed E-state index contributed by atoms with van der Waals surface area (Å²) in [5.74, 6) is 0.584. The molecule has 4 rings (SSSR count). The van der Waals surface area contributed by atoms with E-state index in [2.05, 4.69) is 11.6 Å². The van der Waals surface area contributed by atoms with Crippen molar-refractivity contribution < 1.29 is 22.3 Å². The second-order valence-electron chi connectivity index (χ2n) is 9.59. The Morgan fingerprint density at radius 1 is 1.09 bits per heavy atom. The number of ether oxygens (including phenoxy) is 1. The molecule has 0 spiro atoms. The van der Waals surface area contributed by atoms with Gasteiger partial charge in [0.25, 0.3) is 0 Å². The van der Waals surface area contributed by atoms with Crippen molar-refractivity contribution in [3.8, 4) is 16.9 Å². The van der Waals surface area contributed by atoms with Crippen molar-refractivity contribution in [1.82, 2.24) is 4.72 Å². The summed E-state index contributed by atoms with van der Waals surface area (Å²) >= 11 is 0. The Kier molecular flexibility index (Phi) is 7.60. The van der Waals surface area contributed by atoms with Crippen molar-refractivity contribution in [3.63, 3.8) is 0 Å². The molecule has 0 aliphatic heterocycles. The fourth-order valence-electron chi connectivity index (χ4n) is 5.04. The van der Waals surface area contributed by atoms with Crippen LogP contribution in [0.25, 0.3) is 11.1 Å². The fraction of sp³-hybridized carbons (Fsp3) is 0.519. The molecule has 1 N–H and O–H groups in total. The van der Waals surface area contributed by atoms with E-state index in [1.54, 1.807) is 12.1 Å². The Bertz CT molecular complexity index is 1140. The highest BCUT2D eigenvalue weighted by Gasteiger charge is 2.29. The summed E-state index contributed by atoms with van der Waals surface area (Å²) < 4.78 is 47.1. The molecular formula is C27H34FNO4S. The van der Waals surface area contributed by atoms with Crippen LogP contribution in [0.2, 0.25) is 0 Å². The number of carbonyl (C=O) groups excluding carboxylic acids is 1. The summed E-state index contributed by atoms with van der Waals surface area (Å²) in [6.45, 7) is 3.69. The molecule has 0 bridgehead atoms. The molecular weight excluding hydrogens is 453 g/mol. The molecule has 2 aliphatic rings. The summed E-state index contributed by atoms with van der Waals surface area (Å²) in [5.41, 5.74) is 2.94. The number of sulfonamides is 1. The van der Waals surface area contributed by atoms with E-state index in [0.29, 0.717) is 22.8 Å². The fourth-order valence-corrected chi connectivity index (χ4v) is 5.60. The number of rotatable bonds is 9. The number of hydrogen-bond acceptors (Lipinski definition) is 4. The summed E-state index contributed by atoms with van der Waals surface area (Å²) in [5, 5.41) is 0. The Morgan fingerprint density at radius 2 is 1.88 bits per heavy atom. The van der Waals surface area contributed by atoms with Crippen molar-refractivity contribution >= 4 is 15.9 Å². The quantitative estimate of drug-likeness (QED) is 0.491. The van der Waals surface area contributed by atoms with Crippen molar-refractivity contribution in [2.24, 2.45) is 5.92 Å². The van der Waals surface area contributed by atoms with Crippen molar-refractivity contribution in [2.75, 3.05) is 5.75 Å². The van der Waals surface area contributed by atoms with E-state index in [9.17, 15) is 13.2 Å². The topological polar surface area (TPSA) is 72.5 Å². The third kappa shape index (κ3) is 5.62. The highest BCUT2D eigenvalue weighted by molar-refractivity contribution is 7.90. The third-order valence-electron chi connectivity index (χ3n) is 7.28. The van der Waals surface area contributed by atoms with Crippen molar-refractivity contribution in [3.05, 3.63) is 53.3 Å². The third-order valence-corrected chi connectivity index (χ3v) is 8.58. The lowest BCUT2D eigenvalue weighted by Crippen LogP contribution is -2.32. The predicted molar refractivity (Wildman–Crippen MR) is 132 cm³/mol. The molecule has 2 atom stereocenters. The van der Waals surface area contributed by atoms with E-state index in [0.717, 1.165) is 56.1 Å². The van der Waals surface area contributed by atoms with Gasteiger partial charge in [-0.3, -0.25) is 9.52 Å². The average molecular weight is 488 g/mol. The zero-order valence-electron chi connectivity index (χ0n) is 20.0. The summed E-state index contributed by atoms with van der Waals surface area (Å²) in [6, 6.07) is 10.6. The van der Waals surface area contributed by atoms with Crippen molar-refractivity contribution in [2.45, 2.75) is 77.2 Å². The normalized spacial score (nSPS) is 20.7. The highest BCUT2D eigenvalue weighted by Crippen LogP contribution is 2.45. The van der Waals surface area contributed by atoms with Gasteiger partial charge in [0.2, 0.25) is 15.9 Å². The number of halogens is 1. The van der Waals surface area contributed by atoms with Gasteiger partial charge in [-0.05, 0) is 85.8 Å². The Balaban J connectivity index is 1.69. The minimum Gasteiger partial charge on any atom is -0.490 e. The number of carbonyl (C=O) groups is 1. The van der Waals surface area contributed by atoms with Crippen molar-refractivity contribution in [1.29, 1.82) is 0 Å². The Morgan fingerprint density at radius 3 is 2.53 bits per heavy atom. The van der Waals surface area contributed by atoms with Gasteiger partial charge in [0.15, 0.2) is 0 Å². The van der Waals surface area contributed by atoms with Crippen LogP contribution in [0.15, 0.2) is 36.4 Å². The second kappa shape index (κ2) is 10.5. The van der Waals surface area contributed by atoms with Gasteiger partial charge in [-0.15, -0.1) is 0 Å². The van der Waals surface area contributed by atoms with Crippen LogP contribution in [0.1, 0.15) is 75.8 Å². The first-order valence-electron chi connectivity index (χ1n) is 12.4. The number of nitrogens with one attached hydrogen (secondary N) is 1. The first-order valence-corrected chi connectivity index (χ1v) is 14.1. The summed E-state index contributed by atoms with van der Waals surface area (Å²) in [6.07, 6.45) is 7.34. The van der Waals surface area contributed by atoms with Crippen LogP contribution in [-0.2, 0) is 21.2 Å². The van der Waals surface area contributed by atoms with Crippen LogP contribution in [0.5, 0.6) is 5.75 Å². The minimum atomic E-state index is -3.63. The molecule has 0 heterocycles. The lowest BCUT2D eigenvalue weighted by molar-refractivity contribution is -0.118. The van der Waals surface area contributed by atoms with Crippen LogP contribution in [0.3, 0.4) is 0 Å². The van der Waals surface area contributed by atoms with E-state index in [-0.39, 0.29) is 30.0 Å². The summed E-state index contributed by atoms with van der Waals surface area (Å²) in [4.78, 5) is 12.4. The molecule has 184 valence electrons. The first kappa shape index (κ1) is 24.7. The smallest absolute Gasteiger partial charge is 0.237 e. The van der Waals surface area contributed by atoms with Gasteiger partial charge in [0.05, 0.1) is 18.3 Å².